The van der Waals surface area contributed by atoms with E-state index in [2.05, 4.69) is 33.5 Å². The van der Waals surface area contributed by atoms with E-state index in [1.165, 1.54) is 10.4 Å². The van der Waals surface area contributed by atoms with Crippen LogP contribution in [-0.2, 0) is 29.0 Å². The van der Waals surface area contributed by atoms with Crippen molar-refractivity contribution in [3.8, 4) is 0 Å². The van der Waals surface area contributed by atoms with E-state index in [4.69, 9.17) is 0 Å². The lowest BCUT2D eigenvalue weighted by atomic mass is 10.1. The highest BCUT2D eigenvalue weighted by Crippen LogP contribution is 2.24. The maximum absolute atomic E-state index is 12.7. The first-order valence-corrected chi connectivity index (χ1v) is 11.7. The molecule has 4 rings (SSSR count). The second-order valence-electron chi connectivity index (χ2n) is 8.05. The summed E-state index contributed by atoms with van der Waals surface area (Å²) in [5.74, 6) is 0.213. The fraction of sp³-hybridized carbons (Fsp3) is 0.478. The van der Waals surface area contributed by atoms with Crippen molar-refractivity contribution in [1.82, 2.24) is 14.7 Å². The Kier molecular flexibility index (Phi) is 6.82. The summed E-state index contributed by atoms with van der Waals surface area (Å²) in [4.78, 5) is 33.0. The zero-order valence-corrected chi connectivity index (χ0v) is 18.4. The van der Waals surface area contributed by atoms with Crippen LogP contribution in [0.2, 0.25) is 0 Å². The molecule has 2 aliphatic heterocycles. The van der Waals surface area contributed by atoms with Gasteiger partial charge in [-0.15, -0.1) is 11.3 Å². The summed E-state index contributed by atoms with van der Waals surface area (Å²) >= 11 is 1.82. The molecule has 1 aromatic heterocycles. The van der Waals surface area contributed by atoms with Crippen LogP contribution in [0.4, 0.5) is 5.69 Å². The highest BCUT2D eigenvalue weighted by Gasteiger charge is 2.25. The Hall–Kier alpha value is -2.22. The number of anilines is 1. The second kappa shape index (κ2) is 9.73. The van der Waals surface area contributed by atoms with Crippen LogP contribution in [0.5, 0.6) is 0 Å². The van der Waals surface area contributed by atoms with Crippen molar-refractivity contribution >= 4 is 28.8 Å². The molecule has 0 aliphatic carbocycles. The monoisotopic (exact) mass is 426 g/mol. The minimum atomic E-state index is 0.00978. The number of carbonyl (C=O) groups is 2. The molecule has 2 aliphatic rings. The molecule has 0 saturated carbocycles. The Morgan fingerprint density at radius 3 is 2.60 bits per heavy atom. The van der Waals surface area contributed by atoms with Crippen molar-refractivity contribution in [2.24, 2.45) is 0 Å². The molecule has 0 bridgehead atoms. The van der Waals surface area contributed by atoms with E-state index in [9.17, 15) is 9.59 Å². The number of nitrogens with zero attached hydrogens (tertiary/aromatic N) is 3. The Labute approximate surface area is 182 Å². The maximum Gasteiger partial charge on any atom is 0.238 e. The van der Waals surface area contributed by atoms with Crippen LogP contribution in [-0.4, -0.2) is 72.3 Å². The van der Waals surface area contributed by atoms with Crippen molar-refractivity contribution in [3.63, 3.8) is 0 Å². The summed E-state index contributed by atoms with van der Waals surface area (Å²) in [6.45, 7) is 7.64. The summed E-state index contributed by atoms with van der Waals surface area (Å²) in [6.07, 6.45) is 1.94. The van der Waals surface area contributed by atoms with Crippen molar-refractivity contribution in [3.05, 3.63) is 51.7 Å². The quantitative estimate of drug-likeness (QED) is 0.771. The number of amides is 2. The fourth-order valence-electron chi connectivity index (χ4n) is 4.23. The van der Waals surface area contributed by atoms with Crippen LogP contribution >= 0.6 is 11.3 Å². The lowest BCUT2D eigenvalue weighted by molar-refractivity contribution is -0.134. The molecule has 2 aromatic rings. The van der Waals surface area contributed by atoms with E-state index in [0.717, 1.165) is 50.3 Å². The molecule has 1 fully saturated rings. The van der Waals surface area contributed by atoms with Crippen molar-refractivity contribution in [2.45, 2.75) is 26.3 Å². The number of hydrogen-bond donors (Lipinski definition) is 1. The van der Waals surface area contributed by atoms with Crippen molar-refractivity contribution < 1.29 is 9.59 Å². The van der Waals surface area contributed by atoms with Gasteiger partial charge in [-0.2, -0.15) is 0 Å². The van der Waals surface area contributed by atoms with Gasteiger partial charge in [-0.1, -0.05) is 25.1 Å². The molecule has 7 heteroatoms. The van der Waals surface area contributed by atoms with E-state index < -0.39 is 0 Å². The molecule has 0 radical (unpaired) electrons. The normalized spacial score (nSPS) is 17.6. The largest absolute Gasteiger partial charge is 0.339 e. The predicted octanol–water partition coefficient (Wildman–Crippen LogP) is 2.45. The molecule has 1 saturated heterocycles. The molecule has 0 atom stereocenters. The van der Waals surface area contributed by atoms with Crippen LogP contribution in [0, 0.1) is 0 Å². The summed E-state index contributed by atoms with van der Waals surface area (Å²) in [5, 5.41) is 5.18. The van der Waals surface area contributed by atoms with Gasteiger partial charge in [0.1, 0.15) is 0 Å². The smallest absolute Gasteiger partial charge is 0.238 e. The minimum absolute atomic E-state index is 0.00978. The zero-order chi connectivity index (χ0) is 20.9. The molecule has 6 nitrogen and oxygen atoms in total. The van der Waals surface area contributed by atoms with E-state index in [0.29, 0.717) is 26.2 Å². The van der Waals surface area contributed by atoms with Crippen molar-refractivity contribution in [1.29, 1.82) is 0 Å². The summed E-state index contributed by atoms with van der Waals surface area (Å²) in [6, 6.07) is 10.1. The molecular formula is C23H30N4O2S. The molecule has 0 unspecified atom stereocenters. The average molecular weight is 427 g/mol. The number of nitrogens with one attached hydrogen (secondary N) is 1. The minimum Gasteiger partial charge on any atom is -0.339 e. The van der Waals surface area contributed by atoms with Gasteiger partial charge in [0, 0.05) is 49.8 Å². The highest BCUT2D eigenvalue weighted by atomic mass is 32.1. The number of carbonyl (C=O) groups excluding carboxylic acids is 2. The van der Waals surface area contributed by atoms with E-state index in [-0.39, 0.29) is 11.8 Å². The molecule has 160 valence electrons. The number of fused-ring (bicyclic) bond motifs is 1. The molecule has 1 aromatic carbocycles. The lowest BCUT2D eigenvalue weighted by Crippen LogP contribution is -2.52. The van der Waals surface area contributed by atoms with E-state index in [1.54, 1.807) is 0 Å². The number of para-hydroxylation sites is 1. The molecule has 0 spiro atoms. The van der Waals surface area contributed by atoms with Gasteiger partial charge in [0.05, 0.1) is 13.1 Å². The van der Waals surface area contributed by atoms with Gasteiger partial charge in [0.2, 0.25) is 11.8 Å². The standard InChI is InChI=1S/C23H30N4O2S/c1-2-18-5-3-4-6-20(18)24-22(28)16-25-10-12-27(13-11-25)23(29)17-26-9-7-21-19(15-26)8-14-30-21/h3-6,8,14H,2,7,9-13,15-17H2,1H3,(H,24,28). The van der Waals surface area contributed by atoms with Gasteiger partial charge in [-0.25, -0.2) is 0 Å². The molecule has 30 heavy (non-hydrogen) atoms. The number of piperazine rings is 1. The molecule has 2 amide bonds. The van der Waals surface area contributed by atoms with Crippen LogP contribution in [0.15, 0.2) is 35.7 Å². The number of thiophene rings is 1. The van der Waals surface area contributed by atoms with Gasteiger partial charge in [-0.3, -0.25) is 19.4 Å². The number of hydrogen-bond acceptors (Lipinski definition) is 5. The summed E-state index contributed by atoms with van der Waals surface area (Å²) in [7, 11) is 0. The van der Waals surface area contributed by atoms with Crippen LogP contribution < -0.4 is 5.32 Å². The Balaban J connectivity index is 1.21. The SMILES string of the molecule is CCc1ccccc1NC(=O)CN1CCN(C(=O)CN2CCc3sccc3C2)CC1. The Morgan fingerprint density at radius 1 is 1.00 bits per heavy atom. The lowest BCUT2D eigenvalue weighted by Gasteiger charge is -2.36. The number of rotatable bonds is 6. The summed E-state index contributed by atoms with van der Waals surface area (Å²) in [5.41, 5.74) is 3.42. The molecule has 1 N–H and O–H groups in total. The third kappa shape index (κ3) is 5.09. The van der Waals surface area contributed by atoms with E-state index in [1.807, 2.05) is 40.5 Å². The third-order valence-electron chi connectivity index (χ3n) is 6.01. The van der Waals surface area contributed by atoms with Gasteiger partial charge in [0.15, 0.2) is 0 Å². The van der Waals surface area contributed by atoms with Gasteiger partial charge >= 0.3 is 0 Å². The Bertz CT molecular complexity index is 889. The predicted molar refractivity (Wildman–Crippen MR) is 121 cm³/mol. The second-order valence-corrected chi connectivity index (χ2v) is 9.05. The summed E-state index contributed by atoms with van der Waals surface area (Å²) < 4.78 is 0. The van der Waals surface area contributed by atoms with Crippen molar-refractivity contribution in [2.75, 3.05) is 51.1 Å². The first-order valence-electron chi connectivity index (χ1n) is 10.8. The number of benzene rings is 1. The zero-order valence-electron chi connectivity index (χ0n) is 17.6. The first kappa shape index (κ1) is 21.0. The van der Waals surface area contributed by atoms with E-state index >= 15 is 0 Å². The van der Waals surface area contributed by atoms with Crippen LogP contribution in [0.25, 0.3) is 0 Å². The van der Waals surface area contributed by atoms with Gasteiger partial charge < -0.3 is 10.2 Å². The topological polar surface area (TPSA) is 55.9 Å². The van der Waals surface area contributed by atoms with Gasteiger partial charge in [-0.05, 0) is 41.5 Å². The first-order chi connectivity index (χ1) is 14.6. The maximum atomic E-state index is 12.7. The molecular weight excluding hydrogens is 396 g/mol. The van der Waals surface area contributed by atoms with Crippen LogP contribution in [0.3, 0.4) is 0 Å². The third-order valence-corrected chi connectivity index (χ3v) is 7.03. The van der Waals surface area contributed by atoms with Crippen LogP contribution in [0.1, 0.15) is 22.9 Å². The van der Waals surface area contributed by atoms with Gasteiger partial charge in [0.25, 0.3) is 0 Å². The molecule has 3 heterocycles. The number of aryl methyl sites for hydroxylation is 1. The Morgan fingerprint density at radius 2 is 1.80 bits per heavy atom. The fourth-order valence-corrected chi connectivity index (χ4v) is 5.12. The highest BCUT2D eigenvalue weighted by molar-refractivity contribution is 7.10. The average Bonchev–Trinajstić information content (AvgIpc) is 3.22.